The standard InChI is InChI=1S/C14H31NS/c1-7-10-15-13(12(8-2)9-3)11-16-14(4,5)6/h12-13,15H,7-11H2,1-6H3. The van der Waals surface area contributed by atoms with Gasteiger partial charge >= 0.3 is 0 Å². The van der Waals surface area contributed by atoms with Crippen molar-refractivity contribution in [2.45, 2.75) is 71.6 Å². The monoisotopic (exact) mass is 245 g/mol. The summed E-state index contributed by atoms with van der Waals surface area (Å²) in [7, 11) is 0. The lowest BCUT2D eigenvalue weighted by molar-refractivity contribution is 0.359. The highest BCUT2D eigenvalue weighted by atomic mass is 32.2. The van der Waals surface area contributed by atoms with E-state index < -0.39 is 0 Å². The van der Waals surface area contributed by atoms with Crippen molar-refractivity contribution in [1.29, 1.82) is 0 Å². The van der Waals surface area contributed by atoms with E-state index in [0.717, 1.165) is 12.5 Å². The van der Waals surface area contributed by atoms with Crippen molar-refractivity contribution < 1.29 is 0 Å². The largest absolute Gasteiger partial charge is 0.313 e. The molecule has 0 aliphatic carbocycles. The Hall–Kier alpha value is 0.310. The zero-order valence-electron chi connectivity index (χ0n) is 12.1. The fraction of sp³-hybridized carbons (Fsp3) is 1.00. The van der Waals surface area contributed by atoms with Gasteiger partial charge in [-0.05, 0) is 18.9 Å². The molecule has 0 aliphatic rings. The van der Waals surface area contributed by atoms with Gasteiger partial charge in [-0.1, -0.05) is 54.4 Å². The summed E-state index contributed by atoms with van der Waals surface area (Å²) >= 11 is 2.09. The van der Waals surface area contributed by atoms with E-state index in [0.29, 0.717) is 10.8 Å². The highest BCUT2D eigenvalue weighted by Gasteiger charge is 2.20. The molecule has 2 heteroatoms. The van der Waals surface area contributed by atoms with Gasteiger partial charge in [0.25, 0.3) is 0 Å². The summed E-state index contributed by atoms with van der Waals surface area (Å²) < 4.78 is 0.387. The molecule has 0 radical (unpaired) electrons. The van der Waals surface area contributed by atoms with Gasteiger partial charge in [-0.2, -0.15) is 11.8 Å². The van der Waals surface area contributed by atoms with Crippen LogP contribution in [0.2, 0.25) is 0 Å². The Morgan fingerprint density at radius 3 is 2.00 bits per heavy atom. The van der Waals surface area contributed by atoms with Crippen LogP contribution in [0.5, 0.6) is 0 Å². The molecule has 0 heterocycles. The first-order chi connectivity index (χ1) is 7.44. The SMILES string of the molecule is CCCNC(CSC(C)(C)C)C(CC)CC. The van der Waals surface area contributed by atoms with Crippen LogP contribution in [0.3, 0.4) is 0 Å². The highest BCUT2D eigenvalue weighted by Crippen LogP contribution is 2.27. The Balaban J connectivity index is 4.18. The topological polar surface area (TPSA) is 12.0 Å². The molecule has 0 aromatic heterocycles. The van der Waals surface area contributed by atoms with Gasteiger partial charge < -0.3 is 5.32 Å². The maximum absolute atomic E-state index is 3.72. The summed E-state index contributed by atoms with van der Waals surface area (Å²) in [6, 6.07) is 0.694. The number of hydrogen-bond donors (Lipinski definition) is 1. The molecule has 0 fully saturated rings. The van der Waals surface area contributed by atoms with Gasteiger partial charge in [0.05, 0.1) is 0 Å². The van der Waals surface area contributed by atoms with E-state index in [9.17, 15) is 0 Å². The average molecular weight is 245 g/mol. The third kappa shape index (κ3) is 7.56. The number of nitrogens with one attached hydrogen (secondary N) is 1. The average Bonchev–Trinajstić information content (AvgIpc) is 2.21. The molecular formula is C14H31NS. The van der Waals surface area contributed by atoms with Crippen LogP contribution >= 0.6 is 11.8 Å². The lowest BCUT2D eigenvalue weighted by atomic mass is 9.95. The smallest absolute Gasteiger partial charge is 0.0186 e. The van der Waals surface area contributed by atoms with Crippen LogP contribution in [0, 0.1) is 5.92 Å². The Labute approximate surface area is 107 Å². The van der Waals surface area contributed by atoms with Crippen LogP contribution in [0.1, 0.15) is 60.8 Å². The predicted molar refractivity (Wildman–Crippen MR) is 78.4 cm³/mol. The first-order valence-electron chi connectivity index (χ1n) is 6.81. The van der Waals surface area contributed by atoms with E-state index in [2.05, 4.69) is 58.6 Å². The molecule has 98 valence electrons. The number of thioether (sulfide) groups is 1. The molecule has 0 saturated carbocycles. The quantitative estimate of drug-likeness (QED) is 0.683. The molecule has 0 bridgehead atoms. The molecule has 0 saturated heterocycles. The summed E-state index contributed by atoms with van der Waals surface area (Å²) in [5.74, 6) is 2.08. The summed E-state index contributed by atoms with van der Waals surface area (Å²) in [5, 5.41) is 3.72. The summed E-state index contributed by atoms with van der Waals surface area (Å²) in [6.45, 7) is 15.0. The minimum atomic E-state index is 0.387. The summed E-state index contributed by atoms with van der Waals surface area (Å²) in [6.07, 6.45) is 3.82. The highest BCUT2D eigenvalue weighted by molar-refractivity contribution is 8.00. The van der Waals surface area contributed by atoms with Gasteiger partial charge in [-0.15, -0.1) is 0 Å². The van der Waals surface area contributed by atoms with Crippen molar-refractivity contribution in [3.8, 4) is 0 Å². The molecule has 0 amide bonds. The van der Waals surface area contributed by atoms with E-state index in [1.54, 1.807) is 0 Å². The van der Waals surface area contributed by atoms with Crippen LogP contribution < -0.4 is 5.32 Å². The first kappa shape index (κ1) is 16.3. The second-order valence-corrected chi connectivity index (χ2v) is 7.41. The molecule has 0 aromatic rings. The molecule has 16 heavy (non-hydrogen) atoms. The Morgan fingerprint density at radius 1 is 1.06 bits per heavy atom. The van der Waals surface area contributed by atoms with Crippen LogP contribution in [-0.2, 0) is 0 Å². The molecule has 1 N–H and O–H groups in total. The lowest BCUT2D eigenvalue weighted by Gasteiger charge is -2.29. The van der Waals surface area contributed by atoms with E-state index in [-0.39, 0.29) is 0 Å². The van der Waals surface area contributed by atoms with Gasteiger partial charge in [0.1, 0.15) is 0 Å². The van der Waals surface area contributed by atoms with E-state index in [4.69, 9.17) is 0 Å². The molecule has 1 atom stereocenters. The van der Waals surface area contributed by atoms with Gasteiger partial charge in [-0.25, -0.2) is 0 Å². The van der Waals surface area contributed by atoms with Crippen LogP contribution in [0.4, 0.5) is 0 Å². The van der Waals surface area contributed by atoms with Crippen LogP contribution in [0.15, 0.2) is 0 Å². The molecule has 0 rings (SSSR count). The molecule has 0 aromatic carbocycles. The predicted octanol–water partition coefficient (Wildman–Crippen LogP) is 4.32. The van der Waals surface area contributed by atoms with E-state index >= 15 is 0 Å². The van der Waals surface area contributed by atoms with Crippen molar-refractivity contribution in [1.82, 2.24) is 5.32 Å². The molecule has 0 aliphatic heterocycles. The van der Waals surface area contributed by atoms with Crippen molar-refractivity contribution in [2.24, 2.45) is 5.92 Å². The van der Waals surface area contributed by atoms with E-state index in [1.807, 2.05) is 0 Å². The van der Waals surface area contributed by atoms with Crippen molar-refractivity contribution >= 4 is 11.8 Å². The second-order valence-electron chi connectivity index (χ2n) is 5.56. The van der Waals surface area contributed by atoms with Gasteiger partial charge in [-0.3, -0.25) is 0 Å². The lowest BCUT2D eigenvalue weighted by Crippen LogP contribution is -2.39. The van der Waals surface area contributed by atoms with Gasteiger partial charge in [0.15, 0.2) is 0 Å². The second kappa shape index (κ2) is 8.41. The number of hydrogen-bond acceptors (Lipinski definition) is 2. The number of rotatable bonds is 8. The minimum absolute atomic E-state index is 0.387. The minimum Gasteiger partial charge on any atom is -0.313 e. The fourth-order valence-corrected chi connectivity index (χ4v) is 2.96. The molecule has 1 unspecified atom stereocenters. The summed E-state index contributed by atoms with van der Waals surface area (Å²) in [5.41, 5.74) is 0. The molecular weight excluding hydrogens is 214 g/mol. The Bertz CT molecular complexity index is 159. The normalized spacial score (nSPS) is 14.4. The van der Waals surface area contributed by atoms with Crippen molar-refractivity contribution in [3.63, 3.8) is 0 Å². The zero-order valence-corrected chi connectivity index (χ0v) is 12.9. The fourth-order valence-electron chi connectivity index (χ4n) is 1.89. The van der Waals surface area contributed by atoms with E-state index in [1.165, 1.54) is 25.0 Å². The van der Waals surface area contributed by atoms with Crippen molar-refractivity contribution in [3.05, 3.63) is 0 Å². The first-order valence-corrected chi connectivity index (χ1v) is 7.80. The van der Waals surface area contributed by atoms with Crippen LogP contribution in [0.25, 0.3) is 0 Å². The third-order valence-electron chi connectivity index (χ3n) is 2.97. The third-order valence-corrected chi connectivity index (χ3v) is 4.36. The Morgan fingerprint density at radius 2 is 1.62 bits per heavy atom. The zero-order chi connectivity index (χ0) is 12.6. The van der Waals surface area contributed by atoms with Crippen LogP contribution in [-0.4, -0.2) is 23.1 Å². The maximum Gasteiger partial charge on any atom is 0.0186 e. The molecule has 1 nitrogen and oxygen atoms in total. The van der Waals surface area contributed by atoms with Crippen molar-refractivity contribution in [2.75, 3.05) is 12.3 Å². The Kier molecular flexibility index (Phi) is 8.57. The summed E-state index contributed by atoms with van der Waals surface area (Å²) in [4.78, 5) is 0. The molecule has 0 spiro atoms. The van der Waals surface area contributed by atoms with Gasteiger partial charge in [0, 0.05) is 16.5 Å². The van der Waals surface area contributed by atoms with Gasteiger partial charge in [0.2, 0.25) is 0 Å². The maximum atomic E-state index is 3.72.